The van der Waals surface area contributed by atoms with Crippen LogP contribution in [0.3, 0.4) is 0 Å². The molecular weight excluding hydrogens is 168 g/mol. The molecule has 1 aliphatic rings. The molecule has 0 aliphatic carbocycles. The van der Waals surface area contributed by atoms with Gasteiger partial charge in [-0.25, -0.2) is 0 Å². The monoisotopic (exact) mass is 188 g/mol. The summed E-state index contributed by atoms with van der Waals surface area (Å²) < 4.78 is 15.9. The van der Waals surface area contributed by atoms with E-state index in [0.29, 0.717) is 12.7 Å². The molecule has 0 bridgehead atoms. The predicted octanol–water partition coefficient (Wildman–Crippen LogP) is 1.61. The number of rotatable bonds is 8. The van der Waals surface area contributed by atoms with E-state index in [-0.39, 0.29) is 6.10 Å². The topological polar surface area (TPSA) is 31.0 Å². The van der Waals surface area contributed by atoms with E-state index in [1.165, 1.54) is 6.42 Å². The third kappa shape index (κ3) is 6.02. The number of epoxide rings is 1. The van der Waals surface area contributed by atoms with E-state index in [1.54, 1.807) is 0 Å². The number of hydrogen-bond donors (Lipinski definition) is 0. The van der Waals surface area contributed by atoms with Crippen molar-refractivity contribution in [1.29, 1.82) is 0 Å². The second-order valence-electron chi connectivity index (χ2n) is 3.53. The number of ether oxygens (including phenoxy) is 3. The Morgan fingerprint density at radius 1 is 1.54 bits per heavy atom. The molecule has 3 nitrogen and oxygen atoms in total. The minimum absolute atomic E-state index is 0.213. The minimum Gasteiger partial charge on any atom is -0.376 e. The summed E-state index contributed by atoms with van der Waals surface area (Å²) in [6.07, 6.45) is 2.90. The van der Waals surface area contributed by atoms with E-state index in [4.69, 9.17) is 14.2 Å². The Morgan fingerprint density at radius 3 is 2.92 bits per heavy atom. The van der Waals surface area contributed by atoms with Gasteiger partial charge in [-0.1, -0.05) is 13.3 Å². The molecule has 0 aromatic heterocycles. The molecule has 0 radical (unpaired) electrons. The Kier molecular flexibility index (Phi) is 5.35. The van der Waals surface area contributed by atoms with Crippen LogP contribution in [0.25, 0.3) is 0 Å². The van der Waals surface area contributed by atoms with Crippen LogP contribution in [-0.2, 0) is 14.2 Å². The predicted molar refractivity (Wildman–Crippen MR) is 50.9 cm³/mol. The first-order valence-electron chi connectivity index (χ1n) is 5.14. The Hall–Kier alpha value is -0.120. The fourth-order valence-electron chi connectivity index (χ4n) is 1.01. The Balaban J connectivity index is 1.81. The van der Waals surface area contributed by atoms with Crippen molar-refractivity contribution in [3.63, 3.8) is 0 Å². The van der Waals surface area contributed by atoms with Crippen LogP contribution >= 0.6 is 0 Å². The lowest BCUT2D eigenvalue weighted by Crippen LogP contribution is -2.18. The van der Waals surface area contributed by atoms with Crippen molar-refractivity contribution < 1.29 is 14.2 Å². The third-order valence-corrected chi connectivity index (χ3v) is 1.96. The fraction of sp³-hybridized carbons (Fsp3) is 1.00. The van der Waals surface area contributed by atoms with Crippen LogP contribution in [-0.4, -0.2) is 38.6 Å². The van der Waals surface area contributed by atoms with Gasteiger partial charge in [-0.05, 0) is 13.3 Å². The summed E-state index contributed by atoms with van der Waals surface area (Å²) in [4.78, 5) is 0. The third-order valence-electron chi connectivity index (χ3n) is 1.96. The molecule has 3 heteroatoms. The van der Waals surface area contributed by atoms with Crippen molar-refractivity contribution in [2.45, 2.75) is 38.9 Å². The molecule has 0 aromatic rings. The summed E-state index contributed by atoms with van der Waals surface area (Å²) in [5.74, 6) is 0. The molecule has 2 unspecified atom stereocenters. The maximum Gasteiger partial charge on any atom is 0.104 e. The van der Waals surface area contributed by atoms with E-state index >= 15 is 0 Å². The van der Waals surface area contributed by atoms with Crippen LogP contribution in [0.2, 0.25) is 0 Å². The lowest BCUT2D eigenvalue weighted by atomic mass is 10.3. The molecule has 1 fully saturated rings. The summed E-state index contributed by atoms with van der Waals surface area (Å²) in [5.41, 5.74) is 0. The Morgan fingerprint density at radius 2 is 2.31 bits per heavy atom. The minimum atomic E-state index is 0.213. The molecule has 1 saturated heterocycles. The summed E-state index contributed by atoms with van der Waals surface area (Å²) in [7, 11) is 0. The SMILES string of the molecule is CCCCOC(C)COCC1CO1. The zero-order valence-electron chi connectivity index (χ0n) is 8.62. The quantitative estimate of drug-likeness (QED) is 0.428. The number of unbranched alkanes of at least 4 members (excludes halogenated alkanes) is 1. The van der Waals surface area contributed by atoms with Gasteiger partial charge in [0.2, 0.25) is 0 Å². The molecule has 0 aromatic carbocycles. The van der Waals surface area contributed by atoms with E-state index in [2.05, 4.69) is 6.92 Å². The van der Waals surface area contributed by atoms with Crippen LogP contribution in [0.4, 0.5) is 0 Å². The lowest BCUT2D eigenvalue weighted by molar-refractivity contribution is -0.0107. The van der Waals surface area contributed by atoms with E-state index in [9.17, 15) is 0 Å². The Labute approximate surface area is 80.4 Å². The van der Waals surface area contributed by atoms with Gasteiger partial charge in [0, 0.05) is 6.61 Å². The highest BCUT2D eigenvalue weighted by atomic mass is 16.6. The molecule has 0 saturated carbocycles. The van der Waals surface area contributed by atoms with Crippen molar-refractivity contribution in [3.05, 3.63) is 0 Å². The number of hydrogen-bond acceptors (Lipinski definition) is 3. The van der Waals surface area contributed by atoms with Gasteiger partial charge in [0.25, 0.3) is 0 Å². The second-order valence-corrected chi connectivity index (χ2v) is 3.53. The average Bonchev–Trinajstić information content (AvgIpc) is 2.89. The zero-order chi connectivity index (χ0) is 9.52. The largest absolute Gasteiger partial charge is 0.376 e. The van der Waals surface area contributed by atoms with Crippen LogP contribution < -0.4 is 0 Å². The summed E-state index contributed by atoms with van der Waals surface area (Å²) in [6.45, 7) is 7.33. The van der Waals surface area contributed by atoms with Crippen molar-refractivity contribution in [2.75, 3.05) is 26.4 Å². The smallest absolute Gasteiger partial charge is 0.104 e. The molecule has 1 rings (SSSR count). The average molecular weight is 188 g/mol. The highest BCUT2D eigenvalue weighted by molar-refractivity contribution is 4.67. The normalized spacial score (nSPS) is 23.1. The standard InChI is InChI=1S/C10H20O3/c1-3-4-5-12-9(2)6-11-7-10-8-13-10/h9-10H,3-8H2,1-2H3. The van der Waals surface area contributed by atoms with Crippen LogP contribution in [0.5, 0.6) is 0 Å². The second kappa shape index (κ2) is 6.35. The fourth-order valence-corrected chi connectivity index (χ4v) is 1.01. The van der Waals surface area contributed by atoms with Gasteiger partial charge in [0.05, 0.1) is 25.9 Å². The van der Waals surface area contributed by atoms with Gasteiger partial charge in [-0.3, -0.25) is 0 Å². The highest BCUT2D eigenvalue weighted by Gasteiger charge is 2.22. The Bertz CT molecular complexity index is 123. The van der Waals surface area contributed by atoms with E-state index < -0.39 is 0 Å². The molecule has 0 N–H and O–H groups in total. The van der Waals surface area contributed by atoms with E-state index in [1.807, 2.05) is 6.92 Å². The van der Waals surface area contributed by atoms with E-state index in [0.717, 1.165) is 26.2 Å². The molecule has 78 valence electrons. The van der Waals surface area contributed by atoms with Crippen molar-refractivity contribution in [1.82, 2.24) is 0 Å². The summed E-state index contributed by atoms with van der Waals surface area (Å²) in [6, 6.07) is 0. The summed E-state index contributed by atoms with van der Waals surface area (Å²) in [5, 5.41) is 0. The molecule has 0 amide bonds. The maximum absolute atomic E-state index is 5.52. The van der Waals surface area contributed by atoms with Crippen LogP contribution in [0, 0.1) is 0 Å². The van der Waals surface area contributed by atoms with Crippen molar-refractivity contribution in [3.8, 4) is 0 Å². The lowest BCUT2D eigenvalue weighted by Gasteiger charge is -2.12. The first-order valence-corrected chi connectivity index (χ1v) is 5.14. The van der Waals surface area contributed by atoms with Crippen molar-refractivity contribution in [2.24, 2.45) is 0 Å². The molecular formula is C10H20O3. The van der Waals surface area contributed by atoms with Gasteiger partial charge >= 0.3 is 0 Å². The van der Waals surface area contributed by atoms with Gasteiger partial charge < -0.3 is 14.2 Å². The zero-order valence-corrected chi connectivity index (χ0v) is 8.62. The molecule has 1 heterocycles. The first kappa shape index (κ1) is 11.0. The highest BCUT2D eigenvalue weighted by Crippen LogP contribution is 2.08. The molecule has 13 heavy (non-hydrogen) atoms. The molecule has 1 aliphatic heterocycles. The molecule has 2 atom stereocenters. The van der Waals surface area contributed by atoms with Gasteiger partial charge in [-0.15, -0.1) is 0 Å². The molecule has 0 spiro atoms. The van der Waals surface area contributed by atoms with Crippen LogP contribution in [0.1, 0.15) is 26.7 Å². The van der Waals surface area contributed by atoms with Crippen molar-refractivity contribution >= 4 is 0 Å². The van der Waals surface area contributed by atoms with Gasteiger partial charge in [0.1, 0.15) is 6.10 Å². The summed E-state index contributed by atoms with van der Waals surface area (Å²) >= 11 is 0. The maximum atomic E-state index is 5.52. The van der Waals surface area contributed by atoms with Crippen LogP contribution in [0.15, 0.2) is 0 Å². The van der Waals surface area contributed by atoms with Gasteiger partial charge in [-0.2, -0.15) is 0 Å². The first-order chi connectivity index (χ1) is 6.33. The van der Waals surface area contributed by atoms with Gasteiger partial charge in [0.15, 0.2) is 0 Å².